The largest absolute Gasteiger partial charge is 0.389 e. The maximum absolute atomic E-state index is 13.0. The van der Waals surface area contributed by atoms with E-state index in [1.165, 1.54) is 0 Å². The van der Waals surface area contributed by atoms with Crippen molar-refractivity contribution < 1.29 is 14.6 Å². The van der Waals surface area contributed by atoms with Crippen LogP contribution in [0.25, 0.3) is 0 Å². The monoisotopic (exact) mass is 382 g/mol. The summed E-state index contributed by atoms with van der Waals surface area (Å²) in [4.78, 5) is 17.5. The first-order valence-electron chi connectivity index (χ1n) is 9.95. The zero-order valence-corrected chi connectivity index (χ0v) is 16.5. The number of piperazine rings is 1. The quantitative estimate of drug-likeness (QED) is 0.673. The van der Waals surface area contributed by atoms with Crippen molar-refractivity contribution in [2.45, 2.75) is 18.6 Å². The van der Waals surface area contributed by atoms with Crippen molar-refractivity contribution in [2.24, 2.45) is 0 Å². The van der Waals surface area contributed by atoms with Crippen molar-refractivity contribution in [1.29, 1.82) is 0 Å². The van der Waals surface area contributed by atoms with Crippen LogP contribution in [0, 0.1) is 0 Å². The summed E-state index contributed by atoms with van der Waals surface area (Å²) >= 11 is 0. The summed E-state index contributed by atoms with van der Waals surface area (Å²) in [5, 5.41) is 10.4. The second-order valence-corrected chi connectivity index (χ2v) is 7.50. The zero-order chi connectivity index (χ0) is 19.8. The number of carbonyl (C=O) groups is 1. The van der Waals surface area contributed by atoms with E-state index >= 15 is 0 Å². The number of benzene rings is 2. The van der Waals surface area contributed by atoms with Gasteiger partial charge in [-0.3, -0.25) is 9.69 Å². The van der Waals surface area contributed by atoms with Gasteiger partial charge in [-0.15, -0.1) is 0 Å². The molecule has 2 aromatic carbocycles. The van der Waals surface area contributed by atoms with E-state index in [9.17, 15) is 9.90 Å². The van der Waals surface area contributed by atoms with Crippen LogP contribution in [0.2, 0.25) is 0 Å². The fourth-order valence-corrected chi connectivity index (χ4v) is 3.45. The molecular weight excluding hydrogens is 352 g/mol. The smallest absolute Gasteiger partial charge is 0.191 e. The van der Waals surface area contributed by atoms with Gasteiger partial charge in [0, 0.05) is 44.7 Å². The van der Waals surface area contributed by atoms with Crippen LogP contribution in [0.5, 0.6) is 0 Å². The Hall–Kier alpha value is -2.05. The molecule has 2 aromatic rings. The molecule has 5 heteroatoms. The number of aliphatic hydroxyl groups is 1. The molecule has 2 unspecified atom stereocenters. The van der Waals surface area contributed by atoms with E-state index in [0.717, 1.165) is 31.7 Å². The fraction of sp³-hybridized carbons (Fsp3) is 0.435. The third-order valence-corrected chi connectivity index (χ3v) is 5.17. The maximum Gasteiger partial charge on any atom is 0.191 e. The number of hydrogen-bond donors (Lipinski definition) is 1. The molecule has 1 N–H and O–H groups in total. The molecule has 28 heavy (non-hydrogen) atoms. The van der Waals surface area contributed by atoms with Gasteiger partial charge in [0.15, 0.2) is 5.78 Å². The van der Waals surface area contributed by atoms with Gasteiger partial charge in [-0.2, -0.15) is 0 Å². The second kappa shape index (κ2) is 10.5. The highest BCUT2D eigenvalue weighted by Crippen LogP contribution is 2.13. The number of aliphatic hydroxyl groups excluding tert-OH is 1. The average Bonchev–Trinajstić information content (AvgIpc) is 2.73. The van der Waals surface area contributed by atoms with Crippen LogP contribution in [0.15, 0.2) is 60.7 Å². The van der Waals surface area contributed by atoms with Gasteiger partial charge in [-0.1, -0.05) is 60.7 Å². The molecule has 2 atom stereocenters. The minimum atomic E-state index is -0.606. The van der Waals surface area contributed by atoms with E-state index in [0.29, 0.717) is 18.5 Å². The number of likely N-dealkylation sites (N-methyl/N-ethyl adjacent to an activating group) is 1. The molecule has 0 saturated carbocycles. The van der Waals surface area contributed by atoms with Gasteiger partial charge in [0.1, 0.15) is 6.10 Å². The highest BCUT2D eigenvalue weighted by atomic mass is 16.5. The van der Waals surface area contributed by atoms with Crippen molar-refractivity contribution >= 4 is 5.78 Å². The van der Waals surface area contributed by atoms with Crippen LogP contribution in [0.3, 0.4) is 0 Å². The lowest BCUT2D eigenvalue weighted by Gasteiger charge is -2.33. The first kappa shape index (κ1) is 20.7. The number of nitrogens with zero attached hydrogens (tertiary/aromatic N) is 2. The number of ketones is 1. The zero-order valence-electron chi connectivity index (χ0n) is 16.5. The number of Topliss-reactive ketones (excluding diaryl/α,β-unsaturated/α-hetero) is 1. The van der Waals surface area contributed by atoms with Crippen molar-refractivity contribution in [2.75, 3.05) is 46.4 Å². The molecule has 1 aliphatic heterocycles. The minimum Gasteiger partial charge on any atom is -0.389 e. The van der Waals surface area contributed by atoms with E-state index in [2.05, 4.69) is 16.8 Å². The summed E-state index contributed by atoms with van der Waals surface area (Å²) in [5.41, 5.74) is 1.68. The molecule has 0 bridgehead atoms. The van der Waals surface area contributed by atoms with E-state index in [4.69, 9.17) is 4.74 Å². The highest BCUT2D eigenvalue weighted by Gasteiger charge is 2.23. The first-order valence-corrected chi connectivity index (χ1v) is 9.95. The molecule has 1 fully saturated rings. The van der Waals surface area contributed by atoms with Crippen LogP contribution in [-0.4, -0.2) is 79.3 Å². The number of carbonyl (C=O) groups excluding carboxylic acids is 1. The van der Waals surface area contributed by atoms with Gasteiger partial charge in [0.05, 0.1) is 12.7 Å². The molecule has 0 aliphatic carbocycles. The first-order chi connectivity index (χ1) is 13.6. The lowest BCUT2D eigenvalue weighted by atomic mass is 10.00. The van der Waals surface area contributed by atoms with E-state index in [-0.39, 0.29) is 12.4 Å². The number of β-amino-alcohol motifs (C(OH)–C–C–N with tert-alkyl or cyclic N) is 1. The van der Waals surface area contributed by atoms with Crippen LogP contribution in [0.4, 0.5) is 0 Å². The Labute approximate surface area is 167 Å². The summed E-state index contributed by atoms with van der Waals surface area (Å²) in [5.74, 6) is -0.0451. The van der Waals surface area contributed by atoms with E-state index in [1.54, 1.807) is 0 Å². The second-order valence-electron chi connectivity index (χ2n) is 7.50. The Kier molecular flexibility index (Phi) is 7.74. The third-order valence-electron chi connectivity index (χ3n) is 5.17. The minimum absolute atomic E-state index is 0.0451. The van der Waals surface area contributed by atoms with Crippen LogP contribution in [0.1, 0.15) is 15.9 Å². The van der Waals surface area contributed by atoms with E-state index < -0.39 is 12.2 Å². The lowest BCUT2D eigenvalue weighted by molar-refractivity contribution is -0.0174. The van der Waals surface area contributed by atoms with Gasteiger partial charge >= 0.3 is 0 Å². The van der Waals surface area contributed by atoms with Gasteiger partial charge in [0.2, 0.25) is 0 Å². The summed E-state index contributed by atoms with van der Waals surface area (Å²) in [6, 6.07) is 19.1. The molecule has 150 valence electrons. The Bertz CT molecular complexity index is 715. The SMILES string of the molecule is CN1CCN(CC(O)COC(Cc2ccccc2)C(=O)c2ccccc2)CC1. The maximum atomic E-state index is 13.0. The van der Waals surface area contributed by atoms with Crippen molar-refractivity contribution in [3.63, 3.8) is 0 Å². The normalized spacial score (nSPS) is 17.9. The highest BCUT2D eigenvalue weighted by molar-refractivity contribution is 5.99. The molecule has 0 radical (unpaired) electrons. The van der Waals surface area contributed by atoms with Crippen molar-refractivity contribution in [1.82, 2.24) is 9.80 Å². The number of ether oxygens (including phenoxy) is 1. The standard InChI is InChI=1S/C23H30N2O3/c1-24-12-14-25(15-13-24)17-21(26)18-28-22(16-19-8-4-2-5-9-19)23(27)20-10-6-3-7-11-20/h2-11,21-22,26H,12-18H2,1H3. The Morgan fingerprint density at radius 2 is 1.61 bits per heavy atom. The molecular formula is C23H30N2O3. The number of rotatable bonds is 9. The topological polar surface area (TPSA) is 53.0 Å². The summed E-state index contributed by atoms with van der Waals surface area (Å²) in [7, 11) is 2.11. The summed E-state index contributed by atoms with van der Waals surface area (Å²) < 4.78 is 5.95. The fourth-order valence-electron chi connectivity index (χ4n) is 3.45. The predicted octanol–water partition coefficient (Wildman–Crippen LogP) is 2.11. The average molecular weight is 383 g/mol. The van der Waals surface area contributed by atoms with Crippen LogP contribution < -0.4 is 0 Å². The third kappa shape index (κ3) is 6.24. The van der Waals surface area contributed by atoms with E-state index in [1.807, 2.05) is 60.7 Å². The number of hydrogen-bond acceptors (Lipinski definition) is 5. The molecule has 1 aliphatic rings. The summed E-state index contributed by atoms with van der Waals surface area (Å²) in [6.45, 7) is 4.65. The molecule has 3 rings (SSSR count). The molecule has 1 heterocycles. The molecule has 0 amide bonds. The Morgan fingerprint density at radius 1 is 1.00 bits per heavy atom. The summed E-state index contributed by atoms with van der Waals surface area (Å²) in [6.07, 6.45) is -0.715. The van der Waals surface area contributed by atoms with Crippen LogP contribution >= 0.6 is 0 Å². The lowest BCUT2D eigenvalue weighted by Crippen LogP contribution is -2.47. The Morgan fingerprint density at radius 3 is 2.25 bits per heavy atom. The van der Waals surface area contributed by atoms with Crippen molar-refractivity contribution in [3.05, 3.63) is 71.8 Å². The van der Waals surface area contributed by atoms with Gasteiger partial charge in [-0.05, 0) is 12.6 Å². The van der Waals surface area contributed by atoms with Gasteiger partial charge in [0.25, 0.3) is 0 Å². The molecule has 1 saturated heterocycles. The predicted molar refractivity (Wildman–Crippen MR) is 111 cm³/mol. The van der Waals surface area contributed by atoms with Crippen molar-refractivity contribution in [3.8, 4) is 0 Å². The van der Waals surface area contributed by atoms with Crippen LogP contribution in [-0.2, 0) is 11.2 Å². The van der Waals surface area contributed by atoms with Gasteiger partial charge in [-0.25, -0.2) is 0 Å². The molecule has 5 nitrogen and oxygen atoms in total. The van der Waals surface area contributed by atoms with Gasteiger partial charge < -0.3 is 14.7 Å². The Balaban J connectivity index is 1.59. The molecule has 0 spiro atoms. The molecule has 0 aromatic heterocycles.